The van der Waals surface area contributed by atoms with E-state index in [0.29, 0.717) is 27.9 Å². The maximum Gasteiger partial charge on any atom is 0.343 e. The number of ether oxygens (including phenoxy) is 1. The molecule has 34 heavy (non-hydrogen) atoms. The molecule has 5 N–H and O–H groups in total. The fourth-order valence-corrected chi connectivity index (χ4v) is 4.66. The van der Waals surface area contributed by atoms with Crippen LogP contribution in [-0.4, -0.2) is 38.2 Å². The third-order valence-electron chi connectivity index (χ3n) is 6.51. The minimum absolute atomic E-state index is 0.00410. The van der Waals surface area contributed by atoms with Crippen LogP contribution >= 0.6 is 0 Å². The molecule has 2 aliphatic heterocycles. The van der Waals surface area contributed by atoms with E-state index in [1.165, 1.54) is 10.6 Å². The van der Waals surface area contributed by atoms with Gasteiger partial charge in [-0.3, -0.25) is 9.59 Å². The first-order chi connectivity index (χ1) is 16.2. The van der Waals surface area contributed by atoms with Gasteiger partial charge < -0.3 is 30.6 Å². The van der Waals surface area contributed by atoms with Gasteiger partial charge in [0, 0.05) is 22.6 Å². The van der Waals surface area contributed by atoms with Gasteiger partial charge in [0.2, 0.25) is 5.91 Å². The second kappa shape index (κ2) is 7.69. The molecule has 0 saturated carbocycles. The molecule has 0 saturated heterocycles. The van der Waals surface area contributed by atoms with E-state index in [4.69, 9.17) is 10.5 Å². The van der Waals surface area contributed by atoms with Crippen molar-refractivity contribution in [2.75, 3.05) is 11.9 Å². The number of amides is 1. The number of nitrogens with two attached hydrogens (primary N) is 1. The third-order valence-corrected chi connectivity index (χ3v) is 6.51. The monoisotopic (exact) mass is 468 g/mol. The summed E-state index contributed by atoms with van der Waals surface area (Å²) in [5.74, 6) is -2.15. The average molecular weight is 468 g/mol. The molecule has 1 amide bonds. The molecule has 1 atom stereocenters. The average Bonchev–Trinajstić information content (AvgIpc) is 3.19. The standard InChI is InChI=1S/C23H21FN4O6/c1-2-23(33)14-4-18-20-11(7-28(18)21(31)13(14)9-34-22(23)32)12(8-29)10-3-17(26-19(30)6-25)15(24)5-16(10)27-20/h3-5,29,33H,2,6-9,25H2,1H3,(H,26,30)/t23-/m0/s1. The van der Waals surface area contributed by atoms with Crippen molar-refractivity contribution in [1.29, 1.82) is 0 Å². The van der Waals surface area contributed by atoms with Crippen LogP contribution in [0.5, 0.6) is 0 Å². The third kappa shape index (κ3) is 2.98. The van der Waals surface area contributed by atoms with E-state index in [2.05, 4.69) is 10.3 Å². The lowest BCUT2D eigenvalue weighted by molar-refractivity contribution is -0.172. The summed E-state index contributed by atoms with van der Waals surface area (Å²) < 4.78 is 21.2. The zero-order valence-corrected chi connectivity index (χ0v) is 18.1. The van der Waals surface area contributed by atoms with E-state index in [0.717, 1.165) is 6.07 Å². The van der Waals surface area contributed by atoms with Gasteiger partial charge in [0.1, 0.15) is 12.4 Å². The van der Waals surface area contributed by atoms with Gasteiger partial charge >= 0.3 is 5.97 Å². The van der Waals surface area contributed by atoms with Crippen LogP contribution in [0.3, 0.4) is 0 Å². The predicted molar refractivity (Wildman–Crippen MR) is 118 cm³/mol. The summed E-state index contributed by atoms with van der Waals surface area (Å²) in [6.45, 7) is 0.667. The van der Waals surface area contributed by atoms with Gasteiger partial charge in [0.25, 0.3) is 5.56 Å². The summed E-state index contributed by atoms with van der Waals surface area (Å²) >= 11 is 0. The van der Waals surface area contributed by atoms with Crippen molar-refractivity contribution in [3.05, 3.63) is 56.6 Å². The van der Waals surface area contributed by atoms with Gasteiger partial charge in [-0.25, -0.2) is 14.2 Å². The van der Waals surface area contributed by atoms with E-state index in [1.54, 1.807) is 13.0 Å². The van der Waals surface area contributed by atoms with Crippen molar-refractivity contribution in [2.24, 2.45) is 5.73 Å². The highest BCUT2D eigenvalue weighted by molar-refractivity contribution is 5.96. The summed E-state index contributed by atoms with van der Waals surface area (Å²) in [7, 11) is 0. The number of cyclic esters (lactones) is 1. The molecule has 0 radical (unpaired) electrons. The first-order valence-corrected chi connectivity index (χ1v) is 10.7. The molecule has 0 spiro atoms. The molecule has 2 aromatic heterocycles. The van der Waals surface area contributed by atoms with Crippen LogP contribution in [0.1, 0.15) is 35.6 Å². The van der Waals surface area contributed by atoms with Crippen molar-refractivity contribution in [1.82, 2.24) is 9.55 Å². The van der Waals surface area contributed by atoms with Gasteiger partial charge in [-0.15, -0.1) is 0 Å². The highest BCUT2D eigenvalue weighted by Gasteiger charge is 2.45. The molecule has 3 aromatic rings. The Hall–Kier alpha value is -3.67. The van der Waals surface area contributed by atoms with Gasteiger partial charge in [-0.05, 0) is 24.1 Å². The SMILES string of the molecule is CC[C@@]1(O)C(=O)OCc2c1cc1n(c2=O)Cc2c-1nc1cc(F)c(NC(=O)CN)cc1c2CO. The normalized spacial score (nSPS) is 18.3. The number of carbonyl (C=O) groups is 2. The number of hydrogen-bond donors (Lipinski definition) is 4. The lowest BCUT2D eigenvalue weighted by Crippen LogP contribution is -2.44. The Labute approximate surface area is 191 Å². The molecule has 5 rings (SSSR count). The number of aliphatic hydroxyl groups is 2. The molecule has 0 fully saturated rings. The number of aromatic nitrogens is 2. The summed E-state index contributed by atoms with van der Waals surface area (Å²) in [5.41, 5.74) is 4.97. The molecule has 176 valence electrons. The number of pyridine rings is 2. The Bertz CT molecular complexity index is 1470. The second-order valence-electron chi connectivity index (χ2n) is 8.28. The Morgan fingerprint density at radius 2 is 2.09 bits per heavy atom. The van der Waals surface area contributed by atoms with Gasteiger partial charge in [0.15, 0.2) is 5.60 Å². The van der Waals surface area contributed by atoms with Crippen molar-refractivity contribution in [3.63, 3.8) is 0 Å². The van der Waals surface area contributed by atoms with Crippen LogP contribution in [0.4, 0.5) is 10.1 Å². The van der Waals surface area contributed by atoms with Gasteiger partial charge in [0.05, 0.1) is 47.9 Å². The van der Waals surface area contributed by atoms with Gasteiger partial charge in [-0.2, -0.15) is 0 Å². The molecule has 10 nitrogen and oxygen atoms in total. The van der Waals surface area contributed by atoms with Crippen molar-refractivity contribution < 1.29 is 28.9 Å². The Morgan fingerprint density at radius 1 is 1.32 bits per heavy atom. The van der Waals surface area contributed by atoms with Crippen molar-refractivity contribution in [2.45, 2.75) is 38.7 Å². The summed E-state index contributed by atoms with van der Waals surface area (Å²) in [5, 5.41) is 23.9. The summed E-state index contributed by atoms with van der Waals surface area (Å²) in [6.07, 6.45) is 0.00410. The second-order valence-corrected chi connectivity index (χ2v) is 8.28. The molecule has 1 aromatic carbocycles. The Kier molecular flexibility index (Phi) is 5.01. The number of esters is 1. The molecule has 2 aliphatic rings. The molecular formula is C23H21FN4O6. The first kappa shape index (κ1) is 22.1. The number of rotatable bonds is 4. The Balaban J connectivity index is 1.76. The zero-order valence-electron chi connectivity index (χ0n) is 18.1. The lowest BCUT2D eigenvalue weighted by atomic mass is 9.86. The number of nitrogens with zero attached hydrogens (tertiary/aromatic N) is 2. The summed E-state index contributed by atoms with van der Waals surface area (Å²) in [4.78, 5) is 41.8. The number of anilines is 1. The molecule has 4 heterocycles. The first-order valence-electron chi connectivity index (χ1n) is 10.7. The lowest BCUT2D eigenvalue weighted by Gasteiger charge is -2.31. The van der Waals surface area contributed by atoms with Crippen LogP contribution in [-0.2, 0) is 39.7 Å². The number of halogens is 1. The highest BCUT2D eigenvalue weighted by atomic mass is 19.1. The van der Waals surface area contributed by atoms with Gasteiger partial charge in [-0.1, -0.05) is 6.92 Å². The highest BCUT2D eigenvalue weighted by Crippen LogP contribution is 2.40. The fraction of sp³-hybridized carbons (Fsp3) is 0.304. The topological polar surface area (TPSA) is 157 Å². The number of benzene rings is 1. The molecule has 0 bridgehead atoms. The quantitative estimate of drug-likeness (QED) is 0.317. The summed E-state index contributed by atoms with van der Waals surface area (Å²) in [6, 6.07) is 4.04. The maximum absolute atomic E-state index is 14.7. The fourth-order valence-electron chi connectivity index (χ4n) is 4.66. The predicted octanol–water partition coefficient (Wildman–Crippen LogP) is 0.608. The number of carbonyl (C=O) groups excluding carboxylic acids is 2. The van der Waals surface area contributed by atoms with E-state index in [1.807, 2.05) is 0 Å². The molecule has 11 heteroatoms. The van der Waals surface area contributed by atoms with Crippen LogP contribution in [0.15, 0.2) is 23.0 Å². The van der Waals surface area contributed by atoms with E-state index in [9.17, 15) is 29.0 Å². The minimum atomic E-state index is -1.97. The van der Waals surface area contributed by atoms with E-state index >= 15 is 0 Å². The van der Waals surface area contributed by atoms with Crippen LogP contribution in [0.2, 0.25) is 0 Å². The molecule has 0 aliphatic carbocycles. The molecular weight excluding hydrogens is 447 g/mol. The Morgan fingerprint density at radius 3 is 2.76 bits per heavy atom. The van der Waals surface area contributed by atoms with Crippen molar-refractivity contribution in [3.8, 4) is 11.4 Å². The van der Waals surface area contributed by atoms with Crippen LogP contribution in [0, 0.1) is 5.82 Å². The largest absolute Gasteiger partial charge is 0.458 e. The number of nitrogens with one attached hydrogen (secondary N) is 1. The number of aliphatic hydroxyl groups excluding tert-OH is 1. The van der Waals surface area contributed by atoms with Crippen LogP contribution < -0.4 is 16.6 Å². The zero-order chi connectivity index (χ0) is 24.4. The van der Waals surface area contributed by atoms with E-state index < -0.39 is 35.5 Å². The maximum atomic E-state index is 14.7. The molecule has 0 unspecified atom stereocenters. The van der Waals surface area contributed by atoms with Crippen molar-refractivity contribution >= 4 is 28.5 Å². The number of hydrogen-bond acceptors (Lipinski definition) is 8. The number of fused-ring (bicyclic) bond motifs is 5. The van der Waals surface area contributed by atoms with E-state index in [-0.39, 0.29) is 48.4 Å². The smallest absolute Gasteiger partial charge is 0.343 e. The minimum Gasteiger partial charge on any atom is -0.458 e. The van der Waals surface area contributed by atoms with Crippen LogP contribution in [0.25, 0.3) is 22.3 Å².